The molecule has 0 aliphatic heterocycles. The van der Waals surface area contributed by atoms with E-state index < -0.39 is 0 Å². The number of para-hydroxylation sites is 1. The Labute approximate surface area is 223 Å². The van der Waals surface area contributed by atoms with Crippen molar-refractivity contribution >= 4 is 45.9 Å². The van der Waals surface area contributed by atoms with E-state index in [2.05, 4.69) is 15.6 Å². The second-order valence-electron chi connectivity index (χ2n) is 9.22. The molecule has 1 aromatic heterocycles. The van der Waals surface area contributed by atoms with Crippen LogP contribution in [0.4, 0.5) is 5.69 Å². The zero-order chi connectivity index (χ0) is 26.6. The fourth-order valence-electron chi connectivity index (χ4n) is 3.95. The lowest BCUT2D eigenvalue weighted by atomic mass is 10.1. The Morgan fingerprint density at radius 3 is 2.32 bits per heavy atom. The summed E-state index contributed by atoms with van der Waals surface area (Å²) in [5, 5.41) is 6.69. The molecule has 0 spiro atoms. The molecule has 1 fully saturated rings. The van der Waals surface area contributed by atoms with Crippen LogP contribution < -0.4 is 16.2 Å². The van der Waals surface area contributed by atoms with Crippen molar-refractivity contribution in [3.05, 3.63) is 99.8 Å². The van der Waals surface area contributed by atoms with Crippen LogP contribution >= 0.6 is 11.8 Å². The van der Waals surface area contributed by atoms with Gasteiger partial charge in [0.25, 0.3) is 11.5 Å². The van der Waals surface area contributed by atoms with Crippen molar-refractivity contribution < 1.29 is 14.4 Å². The molecule has 192 valence electrons. The molecule has 1 aliphatic rings. The lowest BCUT2D eigenvalue weighted by Gasteiger charge is -2.14. The predicted octanol–water partition coefficient (Wildman–Crippen LogP) is 4.27. The van der Waals surface area contributed by atoms with Gasteiger partial charge in [-0.3, -0.25) is 23.7 Å². The number of hydrogen-bond donors (Lipinski definition) is 2. The first-order chi connectivity index (χ1) is 18.4. The Bertz CT molecular complexity index is 1580. The number of ketones is 1. The van der Waals surface area contributed by atoms with E-state index in [1.54, 1.807) is 59.2 Å². The lowest BCUT2D eigenvalue weighted by Crippen LogP contribution is -2.26. The van der Waals surface area contributed by atoms with Crippen LogP contribution in [0.5, 0.6) is 0 Å². The number of carbonyl (C=O) groups is 3. The molecular formula is C29H26N4O4S. The van der Waals surface area contributed by atoms with E-state index in [0.29, 0.717) is 32.9 Å². The molecule has 0 unspecified atom stereocenters. The molecular weight excluding hydrogens is 500 g/mol. The topological polar surface area (TPSA) is 110 Å². The first kappa shape index (κ1) is 25.4. The first-order valence-electron chi connectivity index (χ1n) is 12.3. The van der Waals surface area contributed by atoms with Crippen molar-refractivity contribution in [3.63, 3.8) is 0 Å². The third kappa shape index (κ3) is 6.00. The van der Waals surface area contributed by atoms with Gasteiger partial charge in [0.15, 0.2) is 10.9 Å². The number of rotatable bonds is 9. The highest BCUT2D eigenvalue weighted by Crippen LogP contribution is 2.21. The van der Waals surface area contributed by atoms with Gasteiger partial charge < -0.3 is 10.6 Å². The number of aromatic nitrogens is 2. The van der Waals surface area contributed by atoms with Crippen molar-refractivity contribution in [2.45, 2.75) is 37.5 Å². The van der Waals surface area contributed by atoms with Gasteiger partial charge in [-0.05, 0) is 73.9 Å². The number of anilines is 1. The summed E-state index contributed by atoms with van der Waals surface area (Å²) in [6.07, 6.45) is 2.04. The zero-order valence-electron chi connectivity index (χ0n) is 20.8. The number of hydrogen-bond acceptors (Lipinski definition) is 6. The lowest BCUT2D eigenvalue weighted by molar-refractivity contribution is -0.113. The number of Topliss-reactive ketones (excluding diaryl/α,β-unsaturated/α-hetero) is 1. The van der Waals surface area contributed by atoms with Crippen molar-refractivity contribution in [2.75, 3.05) is 11.1 Å². The maximum absolute atomic E-state index is 13.4. The Hall–Kier alpha value is -4.24. The van der Waals surface area contributed by atoms with E-state index in [-0.39, 0.29) is 41.5 Å². The third-order valence-electron chi connectivity index (χ3n) is 6.20. The minimum atomic E-state index is -0.259. The van der Waals surface area contributed by atoms with Gasteiger partial charge in [0.2, 0.25) is 5.91 Å². The van der Waals surface area contributed by atoms with Crippen LogP contribution in [-0.4, -0.2) is 38.9 Å². The third-order valence-corrected chi connectivity index (χ3v) is 7.18. The minimum Gasteiger partial charge on any atom is -0.349 e. The highest BCUT2D eigenvalue weighted by Gasteiger charge is 2.23. The van der Waals surface area contributed by atoms with E-state index in [4.69, 9.17) is 0 Å². The Kier molecular flexibility index (Phi) is 7.37. The van der Waals surface area contributed by atoms with Gasteiger partial charge in [-0.2, -0.15) is 0 Å². The molecule has 8 nitrogen and oxygen atoms in total. The Balaban J connectivity index is 1.34. The molecule has 3 aromatic carbocycles. The number of amides is 2. The average molecular weight is 527 g/mol. The molecule has 5 rings (SSSR count). The highest BCUT2D eigenvalue weighted by molar-refractivity contribution is 7.99. The maximum atomic E-state index is 13.4. The number of fused-ring (bicyclic) bond motifs is 1. The quantitative estimate of drug-likeness (QED) is 0.192. The molecule has 2 N–H and O–H groups in total. The van der Waals surface area contributed by atoms with E-state index in [1.807, 2.05) is 18.2 Å². The van der Waals surface area contributed by atoms with Gasteiger partial charge in [-0.1, -0.05) is 36.0 Å². The molecule has 1 heterocycles. The van der Waals surface area contributed by atoms with Crippen molar-refractivity contribution in [1.82, 2.24) is 14.9 Å². The number of nitrogens with zero attached hydrogens (tertiary/aromatic N) is 2. The normalized spacial score (nSPS) is 12.8. The summed E-state index contributed by atoms with van der Waals surface area (Å²) in [4.78, 5) is 54.5. The minimum absolute atomic E-state index is 0.0412. The largest absolute Gasteiger partial charge is 0.349 e. The highest BCUT2D eigenvalue weighted by atomic mass is 32.2. The molecule has 4 aromatic rings. The molecule has 0 bridgehead atoms. The summed E-state index contributed by atoms with van der Waals surface area (Å²) in [5.41, 5.74) is 2.92. The molecule has 0 atom stereocenters. The monoisotopic (exact) mass is 526 g/mol. The van der Waals surface area contributed by atoms with Crippen molar-refractivity contribution in [2.24, 2.45) is 0 Å². The van der Waals surface area contributed by atoms with Gasteiger partial charge in [0.05, 0.1) is 23.2 Å². The molecule has 9 heteroatoms. The fourth-order valence-corrected chi connectivity index (χ4v) is 4.75. The smallest absolute Gasteiger partial charge is 0.262 e. The number of nitrogens with one attached hydrogen (secondary N) is 2. The second kappa shape index (κ2) is 11.0. The van der Waals surface area contributed by atoms with Crippen molar-refractivity contribution in [1.29, 1.82) is 0 Å². The van der Waals surface area contributed by atoms with E-state index in [9.17, 15) is 19.2 Å². The second-order valence-corrected chi connectivity index (χ2v) is 10.2. The Morgan fingerprint density at radius 1 is 0.947 bits per heavy atom. The van der Waals surface area contributed by atoms with Gasteiger partial charge in [-0.25, -0.2) is 4.98 Å². The summed E-state index contributed by atoms with van der Waals surface area (Å²) < 4.78 is 1.56. The SMILES string of the molecule is CC(=O)c1ccc(NC(=O)CSc2nc3ccccc3c(=O)n2Cc2ccc(C(=O)NC3CC3)cc2)cc1. The number of benzene rings is 3. The van der Waals surface area contributed by atoms with Crippen LogP contribution in [0.25, 0.3) is 10.9 Å². The zero-order valence-corrected chi connectivity index (χ0v) is 21.6. The number of thioether (sulfide) groups is 1. The molecule has 0 radical (unpaired) electrons. The molecule has 1 aliphatic carbocycles. The van der Waals surface area contributed by atoms with Crippen LogP contribution in [0.1, 0.15) is 46.0 Å². The van der Waals surface area contributed by atoms with Gasteiger partial charge >= 0.3 is 0 Å². The van der Waals surface area contributed by atoms with Gasteiger partial charge in [0, 0.05) is 22.9 Å². The van der Waals surface area contributed by atoms with Crippen LogP contribution in [-0.2, 0) is 11.3 Å². The summed E-state index contributed by atoms with van der Waals surface area (Å²) in [6, 6.07) is 21.2. The van der Waals surface area contributed by atoms with Gasteiger partial charge in [0.1, 0.15) is 0 Å². The van der Waals surface area contributed by atoms with Crippen LogP contribution in [0.2, 0.25) is 0 Å². The molecule has 1 saturated carbocycles. The fraction of sp³-hybridized carbons (Fsp3) is 0.207. The molecule has 0 saturated heterocycles. The summed E-state index contributed by atoms with van der Waals surface area (Å²) in [7, 11) is 0. The molecule has 2 amide bonds. The van der Waals surface area contributed by atoms with Crippen LogP contribution in [0.3, 0.4) is 0 Å². The van der Waals surface area contributed by atoms with E-state index >= 15 is 0 Å². The van der Waals surface area contributed by atoms with Crippen LogP contribution in [0, 0.1) is 0 Å². The summed E-state index contributed by atoms with van der Waals surface area (Å²) in [6.45, 7) is 1.73. The Morgan fingerprint density at radius 2 is 1.63 bits per heavy atom. The molecule has 38 heavy (non-hydrogen) atoms. The standard InChI is InChI=1S/C29H26N4O4S/c1-18(34)20-10-12-22(13-11-20)30-26(35)17-38-29-32-25-5-3-2-4-24(25)28(37)33(29)16-19-6-8-21(9-7-19)27(36)31-23-14-15-23/h2-13,23H,14-17H2,1H3,(H,30,35)(H,31,36). The van der Waals surface area contributed by atoms with Crippen LogP contribution in [0.15, 0.2) is 82.7 Å². The van der Waals surface area contributed by atoms with Crippen molar-refractivity contribution in [3.8, 4) is 0 Å². The maximum Gasteiger partial charge on any atom is 0.262 e. The van der Waals surface area contributed by atoms with Gasteiger partial charge in [-0.15, -0.1) is 0 Å². The summed E-state index contributed by atoms with van der Waals surface area (Å²) in [5.74, 6) is -0.359. The predicted molar refractivity (Wildman–Crippen MR) is 148 cm³/mol. The summed E-state index contributed by atoms with van der Waals surface area (Å²) >= 11 is 1.17. The van der Waals surface area contributed by atoms with E-state index in [1.165, 1.54) is 18.7 Å². The average Bonchev–Trinajstić information content (AvgIpc) is 3.74. The first-order valence-corrected chi connectivity index (χ1v) is 13.3. The number of carbonyl (C=O) groups excluding carboxylic acids is 3. The van der Waals surface area contributed by atoms with E-state index in [0.717, 1.165) is 18.4 Å².